The quantitative estimate of drug-likeness (QED) is 0.791. The van der Waals surface area contributed by atoms with Crippen molar-refractivity contribution in [2.45, 2.75) is 63.5 Å². The highest BCUT2D eigenvalue weighted by molar-refractivity contribution is 5.13. The normalized spacial score (nSPS) is 33.0. The Kier molecular flexibility index (Phi) is 2.32. The van der Waals surface area contributed by atoms with Crippen molar-refractivity contribution < 1.29 is 8.91 Å². The molecule has 3 saturated carbocycles. The Morgan fingerprint density at radius 1 is 1.24 bits per heavy atom. The minimum Gasteiger partial charge on any atom is -0.336 e. The third kappa shape index (κ3) is 1.78. The molecule has 3 nitrogen and oxygen atoms in total. The van der Waals surface area contributed by atoms with Crippen molar-refractivity contribution >= 4 is 0 Å². The van der Waals surface area contributed by atoms with Crippen molar-refractivity contribution in [1.29, 1.82) is 0 Å². The van der Waals surface area contributed by atoms with Gasteiger partial charge in [-0.1, -0.05) is 5.16 Å². The van der Waals surface area contributed by atoms with E-state index in [9.17, 15) is 4.39 Å². The predicted molar refractivity (Wildman–Crippen MR) is 61.3 cm³/mol. The topological polar surface area (TPSA) is 38.9 Å². The maximum absolute atomic E-state index is 13.7. The molecule has 0 unspecified atom stereocenters. The molecule has 1 heterocycles. The summed E-state index contributed by atoms with van der Waals surface area (Å²) < 4.78 is 18.8. The van der Waals surface area contributed by atoms with E-state index < -0.39 is 5.67 Å². The van der Waals surface area contributed by atoms with Gasteiger partial charge in [-0.2, -0.15) is 4.98 Å². The summed E-state index contributed by atoms with van der Waals surface area (Å²) in [6.45, 7) is 2.92. The van der Waals surface area contributed by atoms with E-state index in [1.54, 1.807) is 0 Å². The van der Waals surface area contributed by atoms with Crippen LogP contribution in [0.4, 0.5) is 4.39 Å². The highest BCUT2D eigenvalue weighted by Gasteiger charge is 2.45. The lowest BCUT2D eigenvalue weighted by Crippen LogP contribution is -2.38. The molecule has 0 N–H and O–H groups in total. The summed E-state index contributed by atoms with van der Waals surface area (Å²) in [5.74, 6) is 1.77. The standard InChI is InChI=1S/C13H19FN2O/c1-12(2,14)11-15-10(16-17-11)13-6-3-9(4-7-13)5-8-13/h9H,3-8H2,1-2H3. The van der Waals surface area contributed by atoms with Crippen molar-refractivity contribution in [2.24, 2.45) is 5.92 Å². The predicted octanol–water partition coefficient (Wildman–Crippen LogP) is 3.50. The number of rotatable bonds is 2. The maximum atomic E-state index is 13.7. The number of alkyl halides is 1. The lowest BCUT2D eigenvalue weighted by Gasteiger charge is -2.44. The molecule has 0 saturated heterocycles. The Hall–Kier alpha value is -0.930. The van der Waals surface area contributed by atoms with E-state index in [1.165, 1.54) is 33.1 Å². The van der Waals surface area contributed by atoms with E-state index in [2.05, 4.69) is 10.1 Å². The lowest BCUT2D eigenvalue weighted by molar-refractivity contribution is 0.125. The summed E-state index contributed by atoms with van der Waals surface area (Å²) in [6, 6.07) is 0. The molecule has 94 valence electrons. The third-order valence-corrected chi connectivity index (χ3v) is 4.50. The zero-order valence-corrected chi connectivity index (χ0v) is 10.5. The van der Waals surface area contributed by atoms with Gasteiger partial charge in [0.1, 0.15) is 0 Å². The molecule has 1 aromatic rings. The molecule has 3 aliphatic carbocycles. The van der Waals surface area contributed by atoms with Crippen LogP contribution < -0.4 is 0 Å². The number of hydrogen-bond acceptors (Lipinski definition) is 3. The Balaban J connectivity index is 1.91. The largest absolute Gasteiger partial charge is 0.336 e. The van der Waals surface area contributed by atoms with E-state index in [4.69, 9.17) is 4.52 Å². The van der Waals surface area contributed by atoms with Gasteiger partial charge in [-0.15, -0.1) is 0 Å². The first-order valence-electron chi connectivity index (χ1n) is 6.53. The van der Waals surface area contributed by atoms with Gasteiger partial charge in [-0.05, 0) is 58.3 Å². The van der Waals surface area contributed by atoms with E-state index in [-0.39, 0.29) is 11.3 Å². The highest BCUT2D eigenvalue weighted by atomic mass is 19.1. The molecule has 3 fully saturated rings. The summed E-state index contributed by atoms with van der Waals surface area (Å²) >= 11 is 0. The van der Waals surface area contributed by atoms with E-state index in [1.807, 2.05) is 0 Å². The maximum Gasteiger partial charge on any atom is 0.263 e. The molecule has 4 rings (SSSR count). The van der Waals surface area contributed by atoms with Gasteiger partial charge in [-0.3, -0.25) is 0 Å². The molecule has 1 aromatic heterocycles. The zero-order valence-electron chi connectivity index (χ0n) is 10.5. The SMILES string of the molecule is CC(C)(F)c1nc(C23CCC(CC2)CC3)no1. The van der Waals surface area contributed by atoms with Gasteiger partial charge in [0.15, 0.2) is 11.5 Å². The van der Waals surface area contributed by atoms with Crippen molar-refractivity contribution in [1.82, 2.24) is 10.1 Å². The molecule has 3 aliphatic rings. The van der Waals surface area contributed by atoms with Gasteiger partial charge in [0.2, 0.25) is 0 Å². The van der Waals surface area contributed by atoms with Crippen LogP contribution in [0.15, 0.2) is 4.52 Å². The number of hydrogen-bond donors (Lipinski definition) is 0. The minimum absolute atomic E-state index is 0.0851. The average Bonchev–Trinajstić information content (AvgIpc) is 2.81. The Morgan fingerprint density at radius 2 is 1.82 bits per heavy atom. The molecular weight excluding hydrogens is 219 g/mol. The van der Waals surface area contributed by atoms with E-state index >= 15 is 0 Å². The van der Waals surface area contributed by atoms with Gasteiger partial charge >= 0.3 is 0 Å². The Bertz CT molecular complexity index is 400. The van der Waals surface area contributed by atoms with Crippen molar-refractivity contribution in [3.05, 3.63) is 11.7 Å². The zero-order chi connectivity index (χ0) is 12.1. The first-order valence-corrected chi connectivity index (χ1v) is 6.53. The van der Waals surface area contributed by atoms with Crippen molar-refractivity contribution in [2.75, 3.05) is 0 Å². The van der Waals surface area contributed by atoms with Crippen LogP contribution in [0, 0.1) is 5.92 Å². The molecule has 0 aromatic carbocycles. The van der Waals surface area contributed by atoms with Crippen LogP contribution in [0.5, 0.6) is 0 Å². The van der Waals surface area contributed by atoms with Crippen LogP contribution in [0.25, 0.3) is 0 Å². The van der Waals surface area contributed by atoms with Gasteiger partial charge in [0.25, 0.3) is 5.89 Å². The second kappa shape index (κ2) is 3.53. The first kappa shape index (κ1) is 11.2. The third-order valence-electron chi connectivity index (χ3n) is 4.50. The monoisotopic (exact) mass is 238 g/mol. The fourth-order valence-electron chi connectivity index (χ4n) is 3.27. The second-order valence-corrected chi connectivity index (χ2v) is 6.16. The van der Waals surface area contributed by atoms with E-state index in [0.717, 1.165) is 31.0 Å². The lowest BCUT2D eigenvalue weighted by atomic mass is 9.60. The van der Waals surface area contributed by atoms with E-state index in [0.29, 0.717) is 0 Å². The molecule has 4 heteroatoms. The number of nitrogens with zero attached hydrogens (tertiary/aromatic N) is 2. The molecule has 0 amide bonds. The fraction of sp³-hybridized carbons (Fsp3) is 0.846. The van der Waals surface area contributed by atoms with Crippen LogP contribution in [0.2, 0.25) is 0 Å². The number of halogens is 1. The molecule has 17 heavy (non-hydrogen) atoms. The summed E-state index contributed by atoms with van der Waals surface area (Å²) in [4.78, 5) is 4.32. The van der Waals surface area contributed by atoms with Gasteiger partial charge in [-0.25, -0.2) is 4.39 Å². The number of fused-ring (bicyclic) bond motifs is 3. The molecule has 0 radical (unpaired) electrons. The molecule has 2 bridgehead atoms. The van der Waals surface area contributed by atoms with Crippen LogP contribution in [-0.2, 0) is 11.1 Å². The Labute approximate surface area is 101 Å². The molecule has 0 spiro atoms. The van der Waals surface area contributed by atoms with Gasteiger partial charge in [0, 0.05) is 5.41 Å². The number of aromatic nitrogens is 2. The summed E-state index contributed by atoms with van der Waals surface area (Å²) in [6.07, 6.45) is 7.23. The fourth-order valence-corrected chi connectivity index (χ4v) is 3.27. The molecule has 0 aliphatic heterocycles. The minimum atomic E-state index is -1.53. The van der Waals surface area contributed by atoms with Crippen LogP contribution in [-0.4, -0.2) is 10.1 Å². The first-order chi connectivity index (χ1) is 8.00. The van der Waals surface area contributed by atoms with Crippen LogP contribution in [0.3, 0.4) is 0 Å². The average molecular weight is 238 g/mol. The summed E-state index contributed by atoms with van der Waals surface area (Å²) in [5.41, 5.74) is -1.45. The van der Waals surface area contributed by atoms with Crippen LogP contribution in [0.1, 0.15) is 64.1 Å². The molecular formula is C13H19FN2O. The summed E-state index contributed by atoms with van der Waals surface area (Å²) in [5, 5.41) is 4.05. The highest BCUT2D eigenvalue weighted by Crippen LogP contribution is 2.50. The van der Waals surface area contributed by atoms with Crippen molar-refractivity contribution in [3.8, 4) is 0 Å². The smallest absolute Gasteiger partial charge is 0.263 e. The van der Waals surface area contributed by atoms with Gasteiger partial charge in [0.05, 0.1) is 0 Å². The Morgan fingerprint density at radius 3 is 2.29 bits per heavy atom. The molecule has 0 atom stereocenters. The second-order valence-electron chi connectivity index (χ2n) is 6.16. The van der Waals surface area contributed by atoms with Crippen LogP contribution >= 0.6 is 0 Å². The summed E-state index contributed by atoms with van der Waals surface area (Å²) in [7, 11) is 0. The van der Waals surface area contributed by atoms with Crippen molar-refractivity contribution in [3.63, 3.8) is 0 Å². The van der Waals surface area contributed by atoms with Gasteiger partial charge < -0.3 is 4.52 Å².